The van der Waals surface area contributed by atoms with Crippen LogP contribution < -0.4 is 16.0 Å². The molecule has 19 heavy (non-hydrogen) atoms. The zero-order valence-corrected chi connectivity index (χ0v) is 12.1. The van der Waals surface area contributed by atoms with Crippen molar-refractivity contribution in [3.8, 4) is 0 Å². The number of nitrogens with one attached hydrogen (secondary N) is 1. The molecule has 1 rings (SSSR count). The van der Waals surface area contributed by atoms with Gasteiger partial charge in [0.05, 0.1) is 6.54 Å². The molecule has 0 saturated heterocycles. The second-order valence-electron chi connectivity index (χ2n) is 4.89. The van der Waals surface area contributed by atoms with Crippen LogP contribution in [0.15, 0.2) is 24.3 Å². The van der Waals surface area contributed by atoms with Gasteiger partial charge in [0.1, 0.15) is 0 Å². The summed E-state index contributed by atoms with van der Waals surface area (Å²) in [5.74, 6) is 0.0691. The fourth-order valence-electron chi connectivity index (χ4n) is 1.85. The molecule has 4 heteroatoms. The molecule has 0 heterocycles. The van der Waals surface area contributed by atoms with Crippen LogP contribution in [-0.2, 0) is 4.79 Å². The summed E-state index contributed by atoms with van der Waals surface area (Å²) in [5, 5.41) is 2.99. The van der Waals surface area contributed by atoms with Gasteiger partial charge in [-0.25, -0.2) is 0 Å². The molecule has 3 N–H and O–H groups in total. The molecule has 0 aliphatic heterocycles. The van der Waals surface area contributed by atoms with Crippen LogP contribution in [0.5, 0.6) is 0 Å². The predicted octanol–water partition coefficient (Wildman–Crippen LogP) is 2.40. The Kier molecular flexibility index (Phi) is 6.19. The smallest absolute Gasteiger partial charge is 0.239 e. The van der Waals surface area contributed by atoms with Gasteiger partial charge in [0.15, 0.2) is 0 Å². The van der Waals surface area contributed by atoms with Crippen molar-refractivity contribution in [2.45, 2.75) is 39.7 Å². The molecular formula is C15H25N3O. The molecule has 1 atom stereocenters. The van der Waals surface area contributed by atoms with Gasteiger partial charge in [-0.1, -0.05) is 13.8 Å². The number of benzene rings is 1. The molecule has 0 fully saturated rings. The third kappa shape index (κ3) is 5.20. The summed E-state index contributed by atoms with van der Waals surface area (Å²) in [6.45, 7) is 7.44. The summed E-state index contributed by atoms with van der Waals surface area (Å²) in [5.41, 5.74) is 7.47. The van der Waals surface area contributed by atoms with Crippen molar-refractivity contribution in [2.24, 2.45) is 0 Å². The number of carbonyl (C=O) groups is 1. The highest BCUT2D eigenvalue weighted by Gasteiger charge is 2.12. The standard InChI is InChI=1S/C15H25N3O/c1-4-10-18(11-15(19)17-12(3)5-2)14-8-6-13(16)7-9-14/h6-9,12H,4-5,10-11,16H2,1-3H3,(H,17,19). The first-order valence-electron chi connectivity index (χ1n) is 6.96. The number of carbonyl (C=O) groups excluding carboxylic acids is 1. The van der Waals surface area contributed by atoms with Gasteiger partial charge in [-0.2, -0.15) is 0 Å². The highest BCUT2D eigenvalue weighted by atomic mass is 16.2. The van der Waals surface area contributed by atoms with E-state index >= 15 is 0 Å². The van der Waals surface area contributed by atoms with E-state index in [9.17, 15) is 4.79 Å². The van der Waals surface area contributed by atoms with Crippen molar-refractivity contribution < 1.29 is 4.79 Å². The Balaban J connectivity index is 2.67. The molecule has 1 aromatic carbocycles. The Morgan fingerprint density at radius 3 is 2.47 bits per heavy atom. The second kappa shape index (κ2) is 7.67. The van der Waals surface area contributed by atoms with E-state index in [1.807, 2.05) is 31.2 Å². The minimum Gasteiger partial charge on any atom is -0.399 e. The Morgan fingerprint density at radius 2 is 1.95 bits per heavy atom. The summed E-state index contributed by atoms with van der Waals surface area (Å²) in [7, 11) is 0. The number of anilines is 2. The molecular weight excluding hydrogens is 238 g/mol. The van der Waals surface area contributed by atoms with Gasteiger partial charge in [-0.3, -0.25) is 4.79 Å². The van der Waals surface area contributed by atoms with Crippen molar-refractivity contribution in [1.29, 1.82) is 0 Å². The zero-order chi connectivity index (χ0) is 14.3. The van der Waals surface area contributed by atoms with E-state index in [-0.39, 0.29) is 11.9 Å². The second-order valence-corrected chi connectivity index (χ2v) is 4.89. The number of nitrogen functional groups attached to an aromatic ring is 1. The number of hydrogen-bond donors (Lipinski definition) is 2. The van der Waals surface area contributed by atoms with Gasteiger partial charge < -0.3 is 16.0 Å². The lowest BCUT2D eigenvalue weighted by molar-refractivity contribution is -0.120. The maximum absolute atomic E-state index is 12.0. The molecule has 0 spiro atoms. The van der Waals surface area contributed by atoms with Crippen molar-refractivity contribution in [3.05, 3.63) is 24.3 Å². The van der Waals surface area contributed by atoms with Crippen LogP contribution in [0.3, 0.4) is 0 Å². The van der Waals surface area contributed by atoms with Crippen LogP contribution in [0, 0.1) is 0 Å². The van der Waals surface area contributed by atoms with Gasteiger partial charge in [0, 0.05) is 24.0 Å². The highest BCUT2D eigenvalue weighted by Crippen LogP contribution is 2.16. The third-order valence-electron chi connectivity index (χ3n) is 3.11. The fraction of sp³-hybridized carbons (Fsp3) is 0.533. The Hall–Kier alpha value is -1.71. The first kappa shape index (κ1) is 15.3. The molecule has 106 valence electrons. The largest absolute Gasteiger partial charge is 0.399 e. The minimum atomic E-state index is 0.0691. The lowest BCUT2D eigenvalue weighted by Crippen LogP contribution is -2.41. The minimum absolute atomic E-state index is 0.0691. The average Bonchev–Trinajstić information content (AvgIpc) is 2.39. The molecule has 0 aliphatic rings. The topological polar surface area (TPSA) is 58.4 Å². The molecule has 1 amide bonds. The van der Waals surface area contributed by atoms with Crippen LogP contribution >= 0.6 is 0 Å². The first-order valence-corrected chi connectivity index (χ1v) is 6.96. The van der Waals surface area contributed by atoms with Gasteiger partial charge in [0.25, 0.3) is 0 Å². The fourth-order valence-corrected chi connectivity index (χ4v) is 1.85. The third-order valence-corrected chi connectivity index (χ3v) is 3.11. The maximum Gasteiger partial charge on any atom is 0.239 e. The molecule has 0 bridgehead atoms. The van der Waals surface area contributed by atoms with E-state index in [4.69, 9.17) is 5.73 Å². The Labute approximate surface area is 116 Å². The zero-order valence-electron chi connectivity index (χ0n) is 12.1. The number of rotatable bonds is 7. The number of nitrogens with two attached hydrogens (primary N) is 1. The van der Waals surface area contributed by atoms with Gasteiger partial charge in [0.2, 0.25) is 5.91 Å². The molecule has 0 aromatic heterocycles. The molecule has 0 radical (unpaired) electrons. The monoisotopic (exact) mass is 263 g/mol. The van der Waals surface area contributed by atoms with Crippen molar-refractivity contribution >= 4 is 17.3 Å². The summed E-state index contributed by atoms with van der Waals surface area (Å²) < 4.78 is 0. The van der Waals surface area contributed by atoms with Crippen molar-refractivity contribution in [1.82, 2.24) is 5.32 Å². The van der Waals surface area contributed by atoms with E-state index in [1.165, 1.54) is 0 Å². The normalized spacial score (nSPS) is 11.9. The van der Waals surface area contributed by atoms with E-state index in [0.29, 0.717) is 6.54 Å². The van der Waals surface area contributed by atoms with Crippen LogP contribution in [0.4, 0.5) is 11.4 Å². The first-order chi connectivity index (χ1) is 9.06. The number of amides is 1. The molecule has 0 saturated carbocycles. The maximum atomic E-state index is 12.0. The van der Waals surface area contributed by atoms with Crippen LogP contribution in [-0.4, -0.2) is 25.0 Å². The summed E-state index contributed by atoms with van der Waals surface area (Å²) in [4.78, 5) is 14.0. The van der Waals surface area contributed by atoms with Gasteiger partial charge >= 0.3 is 0 Å². The average molecular weight is 263 g/mol. The molecule has 0 aliphatic carbocycles. The van der Waals surface area contributed by atoms with E-state index < -0.39 is 0 Å². The quantitative estimate of drug-likeness (QED) is 0.743. The number of hydrogen-bond acceptors (Lipinski definition) is 3. The SMILES string of the molecule is CCCN(CC(=O)NC(C)CC)c1ccc(N)cc1. The Bertz CT molecular complexity index is 389. The summed E-state index contributed by atoms with van der Waals surface area (Å²) in [6.07, 6.45) is 1.95. The number of nitrogens with zero attached hydrogens (tertiary/aromatic N) is 1. The summed E-state index contributed by atoms with van der Waals surface area (Å²) >= 11 is 0. The molecule has 4 nitrogen and oxygen atoms in total. The summed E-state index contributed by atoms with van der Waals surface area (Å²) in [6, 6.07) is 7.88. The van der Waals surface area contributed by atoms with E-state index in [1.54, 1.807) is 0 Å². The highest BCUT2D eigenvalue weighted by molar-refractivity contribution is 5.81. The molecule has 1 unspecified atom stereocenters. The van der Waals surface area contributed by atoms with Crippen LogP contribution in [0.2, 0.25) is 0 Å². The van der Waals surface area contributed by atoms with Crippen molar-refractivity contribution in [3.63, 3.8) is 0 Å². The van der Waals surface area contributed by atoms with Crippen LogP contribution in [0.25, 0.3) is 0 Å². The van der Waals surface area contributed by atoms with Crippen LogP contribution in [0.1, 0.15) is 33.6 Å². The van der Waals surface area contributed by atoms with Gasteiger partial charge in [-0.15, -0.1) is 0 Å². The van der Waals surface area contributed by atoms with Crippen molar-refractivity contribution in [2.75, 3.05) is 23.7 Å². The predicted molar refractivity (Wildman–Crippen MR) is 81.3 cm³/mol. The van der Waals surface area contributed by atoms with Gasteiger partial charge in [-0.05, 0) is 44.0 Å². The lowest BCUT2D eigenvalue weighted by atomic mass is 10.2. The van der Waals surface area contributed by atoms with E-state index in [0.717, 1.165) is 30.8 Å². The van der Waals surface area contributed by atoms with E-state index in [2.05, 4.69) is 24.1 Å². The lowest BCUT2D eigenvalue weighted by Gasteiger charge is -2.24. The molecule has 1 aromatic rings. The Morgan fingerprint density at radius 1 is 1.32 bits per heavy atom.